The number of rotatable bonds is 2. The fraction of sp³-hybridized carbons (Fsp3) is 0.909. The maximum atomic E-state index is 11.5. The van der Waals surface area contributed by atoms with Crippen LogP contribution in [0.5, 0.6) is 0 Å². The van der Waals surface area contributed by atoms with Crippen molar-refractivity contribution >= 4 is 6.09 Å². The predicted octanol–water partition coefficient (Wildman–Crippen LogP) is 1.51. The van der Waals surface area contributed by atoms with Crippen LogP contribution in [0.4, 0.5) is 4.79 Å². The van der Waals surface area contributed by atoms with Crippen LogP contribution in [0.3, 0.4) is 0 Å². The molecule has 1 amide bonds. The largest absolute Gasteiger partial charge is 0.444 e. The second-order valence-corrected chi connectivity index (χ2v) is 5.19. The number of nitrogens with one attached hydrogen (secondary N) is 2. The standard InChI is InChI=1S/C11H22N2O2/c1-8(9-5-6-12-7-9)13-10(14)15-11(2,3)4/h8-9,12H,5-7H2,1-4H3,(H,13,14)/t8-,9+/m0/s1. The van der Waals surface area contributed by atoms with Gasteiger partial charge in [0.05, 0.1) is 0 Å². The molecule has 1 fully saturated rings. The first-order valence-electron chi connectivity index (χ1n) is 5.59. The van der Waals surface area contributed by atoms with Gasteiger partial charge in [-0.05, 0) is 53.1 Å². The van der Waals surface area contributed by atoms with E-state index in [1.165, 1.54) is 0 Å². The molecule has 0 radical (unpaired) electrons. The number of hydrogen-bond acceptors (Lipinski definition) is 3. The van der Waals surface area contributed by atoms with Gasteiger partial charge in [0.25, 0.3) is 0 Å². The van der Waals surface area contributed by atoms with Crippen molar-refractivity contribution in [3.8, 4) is 0 Å². The average Bonchev–Trinajstić information content (AvgIpc) is 2.50. The number of ether oxygens (including phenoxy) is 1. The van der Waals surface area contributed by atoms with E-state index in [2.05, 4.69) is 10.6 Å². The second kappa shape index (κ2) is 4.84. The van der Waals surface area contributed by atoms with Gasteiger partial charge in [0.15, 0.2) is 0 Å². The van der Waals surface area contributed by atoms with Crippen LogP contribution in [0.2, 0.25) is 0 Å². The average molecular weight is 214 g/mol. The molecule has 1 aliphatic rings. The molecule has 0 aromatic rings. The van der Waals surface area contributed by atoms with Gasteiger partial charge in [-0.25, -0.2) is 4.79 Å². The lowest BCUT2D eigenvalue weighted by Crippen LogP contribution is -2.41. The van der Waals surface area contributed by atoms with Crippen LogP contribution in [0, 0.1) is 5.92 Å². The van der Waals surface area contributed by atoms with Crippen molar-refractivity contribution in [2.75, 3.05) is 13.1 Å². The number of hydrogen-bond donors (Lipinski definition) is 2. The molecule has 1 rings (SSSR count). The van der Waals surface area contributed by atoms with Crippen molar-refractivity contribution in [1.29, 1.82) is 0 Å². The topological polar surface area (TPSA) is 50.4 Å². The minimum atomic E-state index is -0.419. The van der Waals surface area contributed by atoms with Crippen LogP contribution in [0.15, 0.2) is 0 Å². The Morgan fingerprint density at radius 1 is 1.53 bits per heavy atom. The van der Waals surface area contributed by atoms with Gasteiger partial charge >= 0.3 is 6.09 Å². The summed E-state index contributed by atoms with van der Waals surface area (Å²) in [7, 11) is 0. The molecule has 0 aromatic carbocycles. The SMILES string of the molecule is C[C@H](NC(=O)OC(C)(C)C)[C@@H]1CCNC1. The van der Waals surface area contributed by atoms with Crippen LogP contribution in [-0.4, -0.2) is 30.8 Å². The smallest absolute Gasteiger partial charge is 0.407 e. The minimum Gasteiger partial charge on any atom is -0.444 e. The third kappa shape index (κ3) is 4.51. The summed E-state index contributed by atoms with van der Waals surface area (Å²) in [5.41, 5.74) is -0.419. The molecule has 0 unspecified atom stereocenters. The molecular weight excluding hydrogens is 192 g/mol. The highest BCUT2D eigenvalue weighted by molar-refractivity contribution is 5.68. The van der Waals surface area contributed by atoms with Gasteiger partial charge in [-0.1, -0.05) is 0 Å². The van der Waals surface area contributed by atoms with Gasteiger partial charge in [-0.3, -0.25) is 0 Å². The van der Waals surface area contributed by atoms with Crippen molar-refractivity contribution in [3.05, 3.63) is 0 Å². The zero-order valence-electron chi connectivity index (χ0n) is 10.1. The van der Waals surface area contributed by atoms with Crippen molar-refractivity contribution in [3.63, 3.8) is 0 Å². The Kier molecular flexibility index (Phi) is 3.97. The lowest BCUT2D eigenvalue weighted by Gasteiger charge is -2.24. The van der Waals surface area contributed by atoms with Crippen molar-refractivity contribution in [2.24, 2.45) is 5.92 Å². The van der Waals surface area contributed by atoms with Crippen LogP contribution in [0.1, 0.15) is 34.1 Å². The normalized spacial score (nSPS) is 23.6. The van der Waals surface area contributed by atoms with Crippen molar-refractivity contribution in [2.45, 2.75) is 45.8 Å². The maximum absolute atomic E-state index is 11.5. The van der Waals surface area contributed by atoms with Gasteiger partial charge in [0.1, 0.15) is 5.60 Å². The molecule has 1 aliphatic heterocycles. The molecule has 15 heavy (non-hydrogen) atoms. The summed E-state index contributed by atoms with van der Waals surface area (Å²) in [5.74, 6) is 0.525. The van der Waals surface area contributed by atoms with E-state index in [0.717, 1.165) is 19.5 Å². The molecule has 2 N–H and O–H groups in total. The van der Waals surface area contributed by atoms with E-state index in [0.29, 0.717) is 5.92 Å². The van der Waals surface area contributed by atoms with Crippen LogP contribution in [-0.2, 0) is 4.74 Å². The molecule has 1 heterocycles. The summed E-state index contributed by atoms with van der Waals surface area (Å²) in [6.45, 7) is 9.67. The third-order valence-electron chi connectivity index (χ3n) is 2.55. The lowest BCUT2D eigenvalue weighted by molar-refractivity contribution is 0.0494. The molecule has 0 aromatic heterocycles. The minimum absolute atomic E-state index is 0.176. The van der Waals surface area contributed by atoms with Gasteiger partial charge < -0.3 is 15.4 Å². The Bertz CT molecular complexity index is 217. The highest BCUT2D eigenvalue weighted by Gasteiger charge is 2.24. The highest BCUT2D eigenvalue weighted by atomic mass is 16.6. The molecule has 0 bridgehead atoms. The zero-order chi connectivity index (χ0) is 11.5. The van der Waals surface area contributed by atoms with Gasteiger partial charge in [0.2, 0.25) is 0 Å². The first-order chi connectivity index (χ1) is 6.88. The van der Waals surface area contributed by atoms with E-state index in [1.807, 2.05) is 27.7 Å². The van der Waals surface area contributed by atoms with E-state index in [1.54, 1.807) is 0 Å². The molecule has 2 atom stereocenters. The van der Waals surface area contributed by atoms with E-state index in [4.69, 9.17) is 4.74 Å². The summed E-state index contributed by atoms with van der Waals surface area (Å²) in [6.07, 6.45) is 0.804. The summed E-state index contributed by atoms with van der Waals surface area (Å²) in [5, 5.41) is 6.16. The van der Waals surface area contributed by atoms with E-state index in [9.17, 15) is 4.79 Å². The number of carbonyl (C=O) groups is 1. The quantitative estimate of drug-likeness (QED) is 0.732. The third-order valence-corrected chi connectivity index (χ3v) is 2.55. The van der Waals surface area contributed by atoms with Crippen LogP contribution >= 0.6 is 0 Å². The fourth-order valence-corrected chi connectivity index (χ4v) is 1.72. The Morgan fingerprint density at radius 3 is 2.67 bits per heavy atom. The summed E-state index contributed by atoms with van der Waals surface area (Å²) in [6, 6.07) is 0.176. The molecular formula is C11H22N2O2. The molecule has 88 valence electrons. The Morgan fingerprint density at radius 2 is 2.20 bits per heavy atom. The summed E-state index contributed by atoms with van der Waals surface area (Å²) < 4.78 is 5.20. The van der Waals surface area contributed by atoms with Gasteiger partial charge in [-0.15, -0.1) is 0 Å². The van der Waals surface area contributed by atoms with E-state index in [-0.39, 0.29) is 12.1 Å². The van der Waals surface area contributed by atoms with E-state index >= 15 is 0 Å². The van der Waals surface area contributed by atoms with Crippen LogP contribution < -0.4 is 10.6 Å². The lowest BCUT2D eigenvalue weighted by atomic mass is 10.0. The number of amides is 1. The molecule has 0 aliphatic carbocycles. The Hall–Kier alpha value is -0.770. The van der Waals surface area contributed by atoms with Gasteiger partial charge in [0, 0.05) is 6.04 Å². The highest BCUT2D eigenvalue weighted by Crippen LogP contribution is 2.13. The molecule has 4 nitrogen and oxygen atoms in total. The van der Waals surface area contributed by atoms with E-state index < -0.39 is 5.60 Å². The van der Waals surface area contributed by atoms with Gasteiger partial charge in [-0.2, -0.15) is 0 Å². The molecule has 1 saturated heterocycles. The first kappa shape index (κ1) is 12.3. The Labute approximate surface area is 91.8 Å². The summed E-state index contributed by atoms with van der Waals surface area (Å²) in [4.78, 5) is 11.5. The Balaban J connectivity index is 2.30. The predicted molar refractivity (Wildman–Crippen MR) is 59.8 cm³/mol. The fourth-order valence-electron chi connectivity index (χ4n) is 1.72. The first-order valence-corrected chi connectivity index (χ1v) is 5.59. The van der Waals surface area contributed by atoms with Crippen LogP contribution in [0.25, 0.3) is 0 Å². The number of alkyl carbamates (subject to hydrolysis) is 1. The molecule has 4 heteroatoms. The summed E-state index contributed by atoms with van der Waals surface area (Å²) >= 11 is 0. The number of carbonyl (C=O) groups excluding carboxylic acids is 1. The maximum Gasteiger partial charge on any atom is 0.407 e. The second-order valence-electron chi connectivity index (χ2n) is 5.19. The zero-order valence-corrected chi connectivity index (χ0v) is 10.1. The molecule has 0 saturated carbocycles. The monoisotopic (exact) mass is 214 g/mol. The van der Waals surface area contributed by atoms with Crippen molar-refractivity contribution < 1.29 is 9.53 Å². The van der Waals surface area contributed by atoms with Crippen molar-refractivity contribution in [1.82, 2.24) is 10.6 Å². The molecule has 0 spiro atoms.